The minimum atomic E-state index is -0.550. The van der Waals surface area contributed by atoms with Gasteiger partial charge in [-0.25, -0.2) is 9.97 Å². The summed E-state index contributed by atoms with van der Waals surface area (Å²) in [6, 6.07) is 9.63. The van der Waals surface area contributed by atoms with E-state index in [1.54, 1.807) is 18.3 Å². The molecule has 0 radical (unpaired) electrons. The second kappa shape index (κ2) is 8.03. The van der Waals surface area contributed by atoms with Crippen LogP contribution in [0.3, 0.4) is 0 Å². The van der Waals surface area contributed by atoms with Crippen LogP contribution in [0.5, 0.6) is 5.75 Å². The molecule has 1 fully saturated rings. The van der Waals surface area contributed by atoms with E-state index in [9.17, 15) is 4.79 Å². The predicted molar refractivity (Wildman–Crippen MR) is 112 cm³/mol. The number of piperidine rings is 1. The van der Waals surface area contributed by atoms with Crippen LogP contribution in [0.4, 0.5) is 5.82 Å². The lowest BCUT2D eigenvalue weighted by atomic mass is 9.98. The van der Waals surface area contributed by atoms with Crippen LogP contribution in [0.1, 0.15) is 34.6 Å². The molecule has 0 saturated carbocycles. The lowest BCUT2D eigenvalue weighted by molar-refractivity contribution is 0.0995. The van der Waals surface area contributed by atoms with E-state index in [4.69, 9.17) is 15.5 Å². The Morgan fingerprint density at radius 1 is 1.17 bits per heavy atom. The molecule has 0 aromatic carbocycles. The van der Waals surface area contributed by atoms with Crippen LogP contribution in [0, 0.1) is 19.8 Å². The van der Waals surface area contributed by atoms with Crippen molar-refractivity contribution in [1.29, 1.82) is 0 Å². The zero-order chi connectivity index (χ0) is 20.4. The second-order valence-electron chi connectivity index (χ2n) is 7.60. The lowest BCUT2D eigenvalue weighted by Gasteiger charge is -2.32. The highest BCUT2D eigenvalue weighted by molar-refractivity contribution is 5.91. The minimum absolute atomic E-state index is 0.221. The van der Waals surface area contributed by atoms with E-state index in [0.717, 1.165) is 48.5 Å². The van der Waals surface area contributed by atoms with Gasteiger partial charge in [0, 0.05) is 36.4 Å². The van der Waals surface area contributed by atoms with Crippen molar-refractivity contribution in [2.24, 2.45) is 11.7 Å². The van der Waals surface area contributed by atoms with Gasteiger partial charge in [-0.3, -0.25) is 9.78 Å². The van der Waals surface area contributed by atoms with Crippen LogP contribution < -0.4 is 15.4 Å². The van der Waals surface area contributed by atoms with Gasteiger partial charge < -0.3 is 15.4 Å². The summed E-state index contributed by atoms with van der Waals surface area (Å²) in [6.45, 7) is 6.57. The molecule has 1 aliphatic heterocycles. The number of hydrogen-bond acceptors (Lipinski definition) is 6. The van der Waals surface area contributed by atoms with E-state index in [0.29, 0.717) is 18.3 Å². The molecular formula is C22H25N5O2. The first-order valence-corrected chi connectivity index (χ1v) is 9.88. The fraction of sp³-hybridized carbons (Fsp3) is 0.364. The van der Waals surface area contributed by atoms with Crippen molar-refractivity contribution >= 4 is 22.8 Å². The molecule has 0 atom stereocenters. The zero-order valence-corrected chi connectivity index (χ0v) is 16.8. The Labute approximate surface area is 169 Å². The molecule has 0 unspecified atom stereocenters. The van der Waals surface area contributed by atoms with Gasteiger partial charge in [-0.15, -0.1) is 0 Å². The van der Waals surface area contributed by atoms with Crippen LogP contribution in [0.25, 0.3) is 11.0 Å². The first-order valence-electron chi connectivity index (χ1n) is 9.88. The molecule has 0 spiro atoms. The highest BCUT2D eigenvalue weighted by Gasteiger charge is 2.21. The molecule has 3 aromatic heterocycles. The largest absolute Gasteiger partial charge is 0.493 e. The molecule has 1 amide bonds. The Hall–Kier alpha value is -3.22. The number of anilines is 1. The van der Waals surface area contributed by atoms with Gasteiger partial charge in [0.1, 0.15) is 17.3 Å². The number of nitrogens with two attached hydrogens (primary N) is 1. The van der Waals surface area contributed by atoms with Gasteiger partial charge in [-0.05, 0) is 62.4 Å². The molecule has 150 valence electrons. The molecular weight excluding hydrogens is 366 g/mol. The average molecular weight is 391 g/mol. The summed E-state index contributed by atoms with van der Waals surface area (Å²) < 4.78 is 5.87. The topological polar surface area (TPSA) is 94.2 Å². The van der Waals surface area contributed by atoms with E-state index in [-0.39, 0.29) is 5.69 Å². The maximum absolute atomic E-state index is 11.2. The number of pyridine rings is 3. The summed E-state index contributed by atoms with van der Waals surface area (Å²) in [6.07, 6.45) is 3.59. The summed E-state index contributed by atoms with van der Waals surface area (Å²) in [4.78, 5) is 26.9. The first kappa shape index (κ1) is 19.1. The number of carbonyl (C=O) groups excluding carboxylic acids is 1. The fourth-order valence-electron chi connectivity index (χ4n) is 3.78. The normalized spacial score (nSPS) is 14.9. The van der Waals surface area contributed by atoms with Crippen LogP contribution in [-0.4, -0.2) is 40.6 Å². The molecule has 4 heterocycles. The van der Waals surface area contributed by atoms with Gasteiger partial charge in [0.05, 0.1) is 6.61 Å². The van der Waals surface area contributed by atoms with Crippen molar-refractivity contribution < 1.29 is 9.53 Å². The van der Waals surface area contributed by atoms with Crippen molar-refractivity contribution in [3.8, 4) is 5.75 Å². The number of fused-ring (bicyclic) bond motifs is 1. The van der Waals surface area contributed by atoms with Crippen molar-refractivity contribution in [3.05, 3.63) is 53.5 Å². The minimum Gasteiger partial charge on any atom is -0.493 e. The van der Waals surface area contributed by atoms with E-state index in [1.807, 2.05) is 6.92 Å². The third-order valence-electron chi connectivity index (χ3n) is 5.40. The summed E-state index contributed by atoms with van der Waals surface area (Å²) >= 11 is 0. The number of carbonyl (C=O) groups is 1. The SMILES string of the molecule is Cc1cc(C)c2ccc(N3CCC(COc4ccnc(C(N)=O)c4)CC3)nc2n1. The third-order valence-corrected chi connectivity index (χ3v) is 5.40. The molecule has 29 heavy (non-hydrogen) atoms. The number of rotatable bonds is 5. The molecule has 3 aromatic rings. The molecule has 7 nitrogen and oxygen atoms in total. The maximum atomic E-state index is 11.2. The molecule has 1 saturated heterocycles. The van der Waals surface area contributed by atoms with E-state index >= 15 is 0 Å². The summed E-state index contributed by atoms with van der Waals surface area (Å²) in [5.74, 6) is 1.52. The first-order chi connectivity index (χ1) is 14.0. The highest BCUT2D eigenvalue weighted by Crippen LogP contribution is 2.25. The van der Waals surface area contributed by atoms with Gasteiger partial charge in [0.2, 0.25) is 0 Å². The molecule has 1 aliphatic rings. The van der Waals surface area contributed by atoms with E-state index < -0.39 is 5.91 Å². The number of hydrogen-bond donors (Lipinski definition) is 1. The van der Waals surface area contributed by atoms with Crippen molar-refractivity contribution in [1.82, 2.24) is 15.0 Å². The molecule has 0 bridgehead atoms. The Balaban J connectivity index is 1.36. The Bertz CT molecular complexity index is 1040. The van der Waals surface area contributed by atoms with Crippen LogP contribution in [0.15, 0.2) is 36.5 Å². The smallest absolute Gasteiger partial charge is 0.267 e. The molecule has 7 heteroatoms. The van der Waals surface area contributed by atoms with Crippen LogP contribution in [-0.2, 0) is 0 Å². The van der Waals surface area contributed by atoms with Crippen molar-refractivity contribution in [3.63, 3.8) is 0 Å². The van der Waals surface area contributed by atoms with Gasteiger partial charge in [-0.1, -0.05) is 0 Å². The van der Waals surface area contributed by atoms with Crippen LogP contribution in [0.2, 0.25) is 0 Å². The van der Waals surface area contributed by atoms with Crippen molar-refractivity contribution in [2.45, 2.75) is 26.7 Å². The van der Waals surface area contributed by atoms with Gasteiger partial charge >= 0.3 is 0 Å². The van der Waals surface area contributed by atoms with E-state index in [1.165, 1.54) is 5.56 Å². The van der Waals surface area contributed by atoms with E-state index in [2.05, 4.69) is 40.0 Å². The monoisotopic (exact) mass is 391 g/mol. The zero-order valence-electron chi connectivity index (χ0n) is 16.8. The standard InChI is InChI=1S/C22H25N5O2/c1-14-11-15(2)25-22-18(14)3-4-20(26-22)27-9-6-16(7-10-27)13-29-17-5-8-24-19(12-17)21(23)28/h3-5,8,11-12,16H,6-7,9-10,13H2,1-2H3,(H2,23,28). The number of nitrogens with zero attached hydrogens (tertiary/aromatic N) is 4. The molecule has 4 rings (SSSR count). The van der Waals surface area contributed by atoms with Crippen molar-refractivity contribution in [2.75, 3.05) is 24.6 Å². The number of amides is 1. The molecule has 0 aliphatic carbocycles. The quantitative estimate of drug-likeness (QED) is 0.718. The van der Waals surface area contributed by atoms with Gasteiger partial charge in [0.15, 0.2) is 5.65 Å². The predicted octanol–water partition coefficient (Wildman–Crippen LogP) is 3.04. The number of aryl methyl sites for hydroxylation is 2. The maximum Gasteiger partial charge on any atom is 0.267 e. The summed E-state index contributed by atoms with van der Waals surface area (Å²) in [5.41, 5.74) is 8.50. The highest BCUT2D eigenvalue weighted by atomic mass is 16.5. The number of primary amides is 1. The fourth-order valence-corrected chi connectivity index (χ4v) is 3.78. The number of aromatic nitrogens is 3. The van der Waals surface area contributed by atoms with Crippen LogP contribution >= 0.6 is 0 Å². The lowest BCUT2D eigenvalue weighted by Crippen LogP contribution is -2.36. The Kier molecular flexibility index (Phi) is 5.29. The third kappa shape index (κ3) is 4.29. The molecule has 2 N–H and O–H groups in total. The average Bonchev–Trinajstić information content (AvgIpc) is 2.72. The summed E-state index contributed by atoms with van der Waals surface area (Å²) in [7, 11) is 0. The Morgan fingerprint density at radius 3 is 2.72 bits per heavy atom. The second-order valence-corrected chi connectivity index (χ2v) is 7.60. The van der Waals surface area contributed by atoms with Gasteiger partial charge in [-0.2, -0.15) is 0 Å². The Morgan fingerprint density at radius 2 is 1.97 bits per heavy atom. The van der Waals surface area contributed by atoms with Gasteiger partial charge in [0.25, 0.3) is 5.91 Å². The summed E-state index contributed by atoms with van der Waals surface area (Å²) in [5, 5.41) is 1.11. The number of ether oxygens (including phenoxy) is 1.